The fourth-order valence-corrected chi connectivity index (χ4v) is 5.07. The van der Waals surface area contributed by atoms with Gasteiger partial charge < -0.3 is 19.3 Å². The molecule has 34 heavy (non-hydrogen) atoms. The molecule has 1 atom stereocenters. The Kier molecular flexibility index (Phi) is 8.63. The quantitative estimate of drug-likeness (QED) is 0.549. The van der Waals surface area contributed by atoms with Crippen molar-refractivity contribution in [2.45, 2.75) is 44.3 Å². The third kappa shape index (κ3) is 7.24. The molecule has 3 aliphatic rings. The number of β-amino-alcohol motifs (C(OH)–C–C–N with tert-alkyl or cyclic N) is 1. The lowest BCUT2D eigenvalue weighted by atomic mass is 10.00. The Morgan fingerprint density at radius 2 is 1.68 bits per heavy atom. The maximum atomic E-state index is 13.4. The van der Waals surface area contributed by atoms with Crippen molar-refractivity contribution in [1.29, 1.82) is 0 Å². The van der Waals surface area contributed by atoms with E-state index in [4.69, 9.17) is 14.2 Å². The number of likely N-dealkylation sites (tertiary alicyclic amines) is 2. The van der Waals surface area contributed by atoms with Gasteiger partial charge in [-0.15, -0.1) is 0 Å². The van der Waals surface area contributed by atoms with Crippen LogP contribution in [0.1, 0.15) is 31.7 Å². The minimum absolute atomic E-state index is 0.117. The molecule has 0 spiro atoms. The number of alkyl halides is 2. The first-order valence-corrected chi connectivity index (χ1v) is 12.6. The summed E-state index contributed by atoms with van der Waals surface area (Å²) in [5, 5.41) is 11.1. The molecule has 0 saturated carbocycles. The van der Waals surface area contributed by atoms with Crippen LogP contribution >= 0.6 is 0 Å². The average molecular weight is 484 g/mol. The van der Waals surface area contributed by atoms with Crippen LogP contribution < -0.4 is 9.47 Å². The Bertz CT molecular complexity index is 783. The number of rotatable bonds is 10. The van der Waals surface area contributed by atoms with Gasteiger partial charge in [-0.3, -0.25) is 14.7 Å². The van der Waals surface area contributed by atoms with Gasteiger partial charge in [-0.1, -0.05) is 6.07 Å². The van der Waals surface area contributed by atoms with Gasteiger partial charge in [0.1, 0.15) is 6.61 Å². The maximum Gasteiger partial charge on any atom is 0.250 e. The lowest BCUT2D eigenvalue weighted by molar-refractivity contribution is -0.0724. The summed E-state index contributed by atoms with van der Waals surface area (Å²) >= 11 is 0. The number of nitrogens with zero attached hydrogens (tertiary/aromatic N) is 3. The Balaban J connectivity index is 1.27. The molecule has 3 aliphatic heterocycles. The van der Waals surface area contributed by atoms with Crippen LogP contribution in [0.25, 0.3) is 0 Å². The first-order valence-electron chi connectivity index (χ1n) is 12.6. The molecule has 192 valence electrons. The molecular weight excluding hydrogens is 444 g/mol. The lowest BCUT2D eigenvalue weighted by Gasteiger charge is -2.36. The summed E-state index contributed by atoms with van der Waals surface area (Å²) in [5.41, 5.74) is 0.253. The average Bonchev–Trinajstić information content (AvgIpc) is 3.17. The zero-order valence-electron chi connectivity index (χ0n) is 20.3. The van der Waals surface area contributed by atoms with Gasteiger partial charge in [0.2, 0.25) is 0 Å². The number of hydrogen-bond acceptors (Lipinski definition) is 7. The number of benzene rings is 1. The zero-order valence-corrected chi connectivity index (χ0v) is 20.3. The molecule has 0 aliphatic carbocycles. The SMILES string of the molecule is CCOc1cc(CN2CC[C@](O)(CN3CCC(F)(F)CC3)C2)ccc1OCCN1CCOCC1. The highest BCUT2D eigenvalue weighted by atomic mass is 19.3. The van der Waals surface area contributed by atoms with Crippen molar-refractivity contribution >= 4 is 0 Å². The first-order chi connectivity index (χ1) is 16.3. The normalized spacial score (nSPS) is 26.6. The van der Waals surface area contributed by atoms with Crippen molar-refractivity contribution in [2.24, 2.45) is 0 Å². The Labute approximate surface area is 201 Å². The van der Waals surface area contributed by atoms with Gasteiger partial charge in [0.15, 0.2) is 11.5 Å². The zero-order chi connectivity index (χ0) is 24.0. The molecule has 1 N–H and O–H groups in total. The monoisotopic (exact) mass is 483 g/mol. The molecule has 0 unspecified atom stereocenters. The summed E-state index contributed by atoms with van der Waals surface area (Å²) in [5.74, 6) is -1.07. The van der Waals surface area contributed by atoms with E-state index in [2.05, 4.69) is 15.9 Å². The highest BCUT2D eigenvalue weighted by molar-refractivity contribution is 5.43. The molecule has 7 nitrogen and oxygen atoms in total. The van der Waals surface area contributed by atoms with Crippen LogP contribution in [-0.2, 0) is 11.3 Å². The van der Waals surface area contributed by atoms with E-state index in [0.29, 0.717) is 52.4 Å². The predicted octanol–water partition coefficient (Wildman–Crippen LogP) is 2.46. The van der Waals surface area contributed by atoms with E-state index in [1.165, 1.54) is 0 Å². The molecule has 3 saturated heterocycles. The second-order valence-electron chi connectivity index (χ2n) is 9.83. The molecule has 0 amide bonds. The summed E-state index contributed by atoms with van der Waals surface area (Å²) in [6.45, 7) is 10.6. The summed E-state index contributed by atoms with van der Waals surface area (Å²) in [4.78, 5) is 6.54. The second kappa shape index (κ2) is 11.5. The summed E-state index contributed by atoms with van der Waals surface area (Å²) in [7, 11) is 0. The number of halogens is 2. The van der Waals surface area contributed by atoms with Crippen LogP contribution in [-0.4, -0.2) is 110 Å². The largest absolute Gasteiger partial charge is 0.490 e. The summed E-state index contributed by atoms with van der Waals surface area (Å²) in [6, 6.07) is 6.05. The molecule has 1 aromatic carbocycles. The molecule has 4 rings (SSSR count). The third-order valence-corrected chi connectivity index (χ3v) is 7.00. The van der Waals surface area contributed by atoms with Crippen molar-refractivity contribution in [1.82, 2.24) is 14.7 Å². The second-order valence-corrected chi connectivity index (χ2v) is 9.83. The Morgan fingerprint density at radius 1 is 0.941 bits per heavy atom. The van der Waals surface area contributed by atoms with E-state index >= 15 is 0 Å². The van der Waals surface area contributed by atoms with Crippen molar-refractivity contribution in [3.8, 4) is 11.5 Å². The van der Waals surface area contributed by atoms with E-state index in [9.17, 15) is 13.9 Å². The third-order valence-electron chi connectivity index (χ3n) is 7.00. The summed E-state index contributed by atoms with van der Waals surface area (Å²) in [6.07, 6.45) is 0.419. The predicted molar refractivity (Wildman–Crippen MR) is 126 cm³/mol. The molecular formula is C25H39F2N3O4. The molecule has 3 fully saturated rings. The van der Waals surface area contributed by atoms with Crippen molar-refractivity contribution in [2.75, 3.05) is 78.8 Å². The van der Waals surface area contributed by atoms with Gasteiger partial charge in [-0.2, -0.15) is 0 Å². The van der Waals surface area contributed by atoms with Gasteiger partial charge in [-0.05, 0) is 31.0 Å². The van der Waals surface area contributed by atoms with Gasteiger partial charge in [0.05, 0.1) is 25.4 Å². The smallest absolute Gasteiger partial charge is 0.250 e. The highest BCUT2D eigenvalue weighted by Crippen LogP contribution is 2.32. The van der Waals surface area contributed by atoms with E-state index in [0.717, 1.165) is 56.5 Å². The van der Waals surface area contributed by atoms with Gasteiger partial charge in [0.25, 0.3) is 5.92 Å². The van der Waals surface area contributed by atoms with Crippen LogP contribution in [0.4, 0.5) is 8.78 Å². The molecule has 0 bridgehead atoms. The maximum absolute atomic E-state index is 13.4. The molecule has 1 aromatic rings. The Hall–Kier alpha value is -1.52. The fraction of sp³-hybridized carbons (Fsp3) is 0.760. The van der Waals surface area contributed by atoms with E-state index < -0.39 is 11.5 Å². The van der Waals surface area contributed by atoms with E-state index in [1.807, 2.05) is 24.0 Å². The van der Waals surface area contributed by atoms with Crippen LogP contribution in [0, 0.1) is 0 Å². The van der Waals surface area contributed by atoms with Crippen molar-refractivity contribution in [3.05, 3.63) is 23.8 Å². The van der Waals surface area contributed by atoms with Gasteiger partial charge >= 0.3 is 0 Å². The van der Waals surface area contributed by atoms with Crippen LogP contribution in [0.5, 0.6) is 11.5 Å². The topological polar surface area (TPSA) is 57.6 Å². The number of morpholine rings is 1. The highest BCUT2D eigenvalue weighted by Gasteiger charge is 2.40. The van der Waals surface area contributed by atoms with E-state index in [1.54, 1.807) is 0 Å². The van der Waals surface area contributed by atoms with Crippen molar-refractivity contribution in [3.63, 3.8) is 0 Å². The van der Waals surface area contributed by atoms with Crippen molar-refractivity contribution < 1.29 is 28.1 Å². The fourth-order valence-electron chi connectivity index (χ4n) is 5.07. The molecule has 9 heteroatoms. The first kappa shape index (κ1) is 25.6. The van der Waals surface area contributed by atoms with E-state index in [-0.39, 0.29) is 12.8 Å². The number of hydrogen-bond donors (Lipinski definition) is 1. The van der Waals surface area contributed by atoms with Crippen LogP contribution in [0.2, 0.25) is 0 Å². The number of piperidine rings is 1. The van der Waals surface area contributed by atoms with Crippen LogP contribution in [0.3, 0.4) is 0 Å². The standard InChI is InChI=1S/C25H39F2N3O4/c1-2-33-23-17-21(3-4-22(23)34-16-13-28-11-14-32-15-12-28)18-30-8-5-24(31,20-30)19-29-9-6-25(26,27)7-10-29/h3-4,17,31H,2,5-16,18-20H2,1H3/t24-/m0/s1. The van der Waals surface area contributed by atoms with Crippen LogP contribution in [0.15, 0.2) is 18.2 Å². The number of ether oxygens (including phenoxy) is 3. The molecule has 3 heterocycles. The summed E-state index contributed by atoms with van der Waals surface area (Å²) < 4.78 is 44.1. The minimum Gasteiger partial charge on any atom is -0.490 e. The molecule has 0 aromatic heterocycles. The van der Waals surface area contributed by atoms with Gasteiger partial charge in [0, 0.05) is 71.7 Å². The van der Waals surface area contributed by atoms with Gasteiger partial charge in [-0.25, -0.2) is 8.78 Å². The molecule has 0 radical (unpaired) electrons. The lowest BCUT2D eigenvalue weighted by Crippen LogP contribution is -2.49. The minimum atomic E-state index is -2.56. The number of aliphatic hydroxyl groups is 1. The Morgan fingerprint density at radius 3 is 2.41 bits per heavy atom.